The van der Waals surface area contributed by atoms with E-state index in [0.29, 0.717) is 0 Å². The monoisotopic (exact) mass is 334 g/mol. The lowest BCUT2D eigenvalue weighted by atomic mass is 9.98. The molecule has 124 valence electrons. The molecule has 0 atom stereocenters. The number of rotatable bonds is 1. The van der Waals surface area contributed by atoms with Gasteiger partial charge in [0.2, 0.25) is 0 Å². The standard InChI is InChI=1S/C24H18N2/c1-15-9-16(2)11-20(10-15)23-21-8-7-19-12-17-5-3-4-6-18(17)13-22(19)24(21)26-14-25-23/h3-14H,1-2H3. The van der Waals surface area contributed by atoms with Gasteiger partial charge in [-0.1, -0.05) is 47.5 Å². The molecule has 0 saturated carbocycles. The Bertz CT molecular complexity index is 1280. The Kier molecular flexibility index (Phi) is 3.26. The van der Waals surface area contributed by atoms with Crippen molar-refractivity contribution in [2.45, 2.75) is 13.8 Å². The predicted octanol–water partition coefficient (Wildman–Crippen LogP) is 6.22. The lowest BCUT2D eigenvalue weighted by Gasteiger charge is -2.10. The quantitative estimate of drug-likeness (QED) is 0.269. The summed E-state index contributed by atoms with van der Waals surface area (Å²) in [5, 5.41) is 5.97. The molecule has 1 heterocycles. The second kappa shape index (κ2) is 5.63. The molecule has 26 heavy (non-hydrogen) atoms. The van der Waals surface area contributed by atoms with E-state index in [1.54, 1.807) is 6.33 Å². The molecule has 0 radical (unpaired) electrons. The number of aromatic nitrogens is 2. The summed E-state index contributed by atoms with van der Waals surface area (Å²) >= 11 is 0. The Balaban J connectivity index is 1.87. The largest absolute Gasteiger partial charge is 0.236 e. The second-order valence-corrected chi connectivity index (χ2v) is 6.98. The predicted molar refractivity (Wildman–Crippen MR) is 109 cm³/mol. The Morgan fingerprint density at radius 3 is 2.12 bits per heavy atom. The zero-order valence-corrected chi connectivity index (χ0v) is 14.8. The van der Waals surface area contributed by atoms with Gasteiger partial charge in [-0.25, -0.2) is 9.97 Å². The van der Waals surface area contributed by atoms with Crippen molar-refractivity contribution in [3.8, 4) is 11.3 Å². The fraction of sp³-hybridized carbons (Fsp3) is 0.0833. The molecule has 2 nitrogen and oxygen atoms in total. The number of aryl methyl sites for hydroxylation is 2. The van der Waals surface area contributed by atoms with Gasteiger partial charge in [0.05, 0.1) is 11.2 Å². The van der Waals surface area contributed by atoms with Crippen LogP contribution in [0, 0.1) is 13.8 Å². The highest BCUT2D eigenvalue weighted by atomic mass is 14.8. The molecule has 0 unspecified atom stereocenters. The Hall–Kier alpha value is -3.26. The Morgan fingerprint density at radius 2 is 1.35 bits per heavy atom. The molecule has 0 fully saturated rings. The van der Waals surface area contributed by atoms with E-state index in [0.717, 1.165) is 22.2 Å². The first-order chi connectivity index (χ1) is 12.7. The number of hydrogen-bond donors (Lipinski definition) is 0. The van der Waals surface area contributed by atoms with E-state index in [4.69, 9.17) is 0 Å². The van der Waals surface area contributed by atoms with E-state index in [2.05, 4.69) is 90.5 Å². The maximum Gasteiger partial charge on any atom is 0.116 e. The summed E-state index contributed by atoms with van der Waals surface area (Å²) < 4.78 is 0. The SMILES string of the molecule is Cc1cc(C)cc(-c2ncnc3c2ccc2cc4ccccc4cc23)c1. The van der Waals surface area contributed by atoms with Gasteiger partial charge in [-0.15, -0.1) is 0 Å². The highest BCUT2D eigenvalue weighted by Gasteiger charge is 2.10. The van der Waals surface area contributed by atoms with Crippen LogP contribution in [-0.2, 0) is 0 Å². The van der Waals surface area contributed by atoms with Gasteiger partial charge >= 0.3 is 0 Å². The van der Waals surface area contributed by atoms with Crippen LogP contribution in [0.15, 0.2) is 73.1 Å². The van der Waals surface area contributed by atoms with Crippen LogP contribution in [-0.4, -0.2) is 9.97 Å². The van der Waals surface area contributed by atoms with E-state index in [-0.39, 0.29) is 0 Å². The molecule has 2 heteroatoms. The summed E-state index contributed by atoms with van der Waals surface area (Å²) in [7, 11) is 0. The zero-order chi connectivity index (χ0) is 17.7. The third-order valence-electron chi connectivity index (χ3n) is 4.98. The van der Waals surface area contributed by atoms with Crippen molar-refractivity contribution in [2.24, 2.45) is 0 Å². The average molecular weight is 334 g/mol. The fourth-order valence-corrected chi connectivity index (χ4v) is 3.88. The lowest BCUT2D eigenvalue weighted by Crippen LogP contribution is -1.91. The first kappa shape index (κ1) is 15.0. The smallest absolute Gasteiger partial charge is 0.116 e. The molecular formula is C24H18N2. The van der Waals surface area contributed by atoms with E-state index >= 15 is 0 Å². The minimum Gasteiger partial charge on any atom is -0.236 e. The van der Waals surface area contributed by atoms with Crippen molar-refractivity contribution >= 4 is 32.4 Å². The summed E-state index contributed by atoms with van der Waals surface area (Å²) in [5.74, 6) is 0. The molecule has 5 rings (SSSR count). The van der Waals surface area contributed by atoms with Gasteiger partial charge in [0.15, 0.2) is 0 Å². The number of benzene rings is 4. The van der Waals surface area contributed by atoms with Gasteiger partial charge in [-0.05, 0) is 60.3 Å². The van der Waals surface area contributed by atoms with Gasteiger partial charge in [0, 0.05) is 16.3 Å². The number of nitrogens with zero attached hydrogens (tertiary/aromatic N) is 2. The van der Waals surface area contributed by atoms with E-state index in [1.165, 1.54) is 32.7 Å². The van der Waals surface area contributed by atoms with Crippen molar-refractivity contribution < 1.29 is 0 Å². The van der Waals surface area contributed by atoms with Gasteiger partial charge in [0.25, 0.3) is 0 Å². The minimum absolute atomic E-state index is 0.997. The summed E-state index contributed by atoms with van der Waals surface area (Å²) in [6.45, 7) is 4.25. The van der Waals surface area contributed by atoms with Crippen molar-refractivity contribution in [1.82, 2.24) is 9.97 Å². The molecule has 0 bridgehead atoms. The number of fused-ring (bicyclic) bond motifs is 4. The summed E-state index contributed by atoms with van der Waals surface area (Å²) in [5.41, 5.74) is 5.65. The maximum absolute atomic E-state index is 4.64. The molecule has 0 N–H and O–H groups in total. The molecule has 0 aliphatic heterocycles. The number of hydrogen-bond acceptors (Lipinski definition) is 2. The van der Waals surface area contributed by atoms with E-state index < -0.39 is 0 Å². The van der Waals surface area contributed by atoms with Crippen LogP contribution in [0.3, 0.4) is 0 Å². The van der Waals surface area contributed by atoms with Crippen LogP contribution in [0.2, 0.25) is 0 Å². The average Bonchev–Trinajstić information content (AvgIpc) is 2.65. The third-order valence-corrected chi connectivity index (χ3v) is 4.98. The molecule has 0 saturated heterocycles. The summed E-state index contributed by atoms with van der Waals surface area (Å²) in [4.78, 5) is 9.25. The third kappa shape index (κ3) is 2.34. The molecule has 1 aromatic heterocycles. The lowest BCUT2D eigenvalue weighted by molar-refractivity contribution is 1.22. The molecule has 0 aliphatic rings. The van der Waals surface area contributed by atoms with Gasteiger partial charge in [0.1, 0.15) is 6.33 Å². The highest BCUT2D eigenvalue weighted by molar-refractivity contribution is 6.12. The van der Waals surface area contributed by atoms with Crippen molar-refractivity contribution in [2.75, 3.05) is 0 Å². The summed E-state index contributed by atoms with van der Waals surface area (Å²) in [6.07, 6.45) is 1.68. The molecule has 4 aromatic carbocycles. The van der Waals surface area contributed by atoms with Crippen LogP contribution in [0.4, 0.5) is 0 Å². The summed E-state index contributed by atoms with van der Waals surface area (Å²) in [6, 6.07) is 23.9. The highest BCUT2D eigenvalue weighted by Crippen LogP contribution is 2.33. The second-order valence-electron chi connectivity index (χ2n) is 6.98. The van der Waals surface area contributed by atoms with Crippen LogP contribution < -0.4 is 0 Å². The molecular weight excluding hydrogens is 316 g/mol. The maximum atomic E-state index is 4.64. The van der Waals surface area contributed by atoms with Gasteiger partial charge < -0.3 is 0 Å². The molecule has 0 amide bonds. The van der Waals surface area contributed by atoms with E-state index in [1.807, 2.05) is 0 Å². The zero-order valence-electron chi connectivity index (χ0n) is 14.8. The van der Waals surface area contributed by atoms with Crippen LogP contribution >= 0.6 is 0 Å². The van der Waals surface area contributed by atoms with Crippen molar-refractivity contribution in [3.63, 3.8) is 0 Å². The Labute approximate surface area is 152 Å². The van der Waals surface area contributed by atoms with E-state index in [9.17, 15) is 0 Å². The topological polar surface area (TPSA) is 25.8 Å². The first-order valence-electron chi connectivity index (χ1n) is 8.84. The van der Waals surface area contributed by atoms with Crippen LogP contribution in [0.1, 0.15) is 11.1 Å². The Morgan fingerprint density at radius 1 is 0.615 bits per heavy atom. The van der Waals surface area contributed by atoms with Crippen molar-refractivity contribution in [1.29, 1.82) is 0 Å². The van der Waals surface area contributed by atoms with Crippen molar-refractivity contribution in [3.05, 3.63) is 84.2 Å². The molecule has 0 aliphatic carbocycles. The first-order valence-corrected chi connectivity index (χ1v) is 8.84. The molecule has 0 spiro atoms. The fourth-order valence-electron chi connectivity index (χ4n) is 3.88. The van der Waals surface area contributed by atoms with Gasteiger partial charge in [-0.2, -0.15) is 0 Å². The van der Waals surface area contributed by atoms with Crippen LogP contribution in [0.5, 0.6) is 0 Å². The van der Waals surface area contributed by atoms with Crippen LogP contribution in [0.25, 0.3) is 43.7 Å². The molecule has 5 aromatic rings. The minimum atomic E-state index is 0.997. The van der Waals surface area contributed by atoms with Gasteiger partial charge in [-0.3, -0.25) is 0 Å². The normalized spacial score (nSPS) is 11.5.